The lowest BCUT2D eigenvalue weighted by Gasteiger charge is -2.39. The summed E-state index contributed by atoms with van der Waals surface area (Å²) in [4.78, 5) is 17.7. The summed E-state index contributed by atoms with van der Waals surface area (Å²) in [5.41, 5.74) is 8.05. The van der Waals surface area contributed by atoms with E-state index in [2.05, 4.69) is 36.4 Å². The molecule has 5 atom stereocenters. The Balaban J connectivity index is 2.05. The van der Waals surface area contributed by atoms with Crippen LogP contribution in [-0.4, -0.2) is 52.4 Å². The first kappa shape index (κ1) is 25.6. The third-order valence-corrected chi connectivity index (χ3v) is 6.50. The monoisotopic (exact) mass is 474 g/mol. The van der Waals surface area contributed by atoms with Crippen molar-refractivity contribution >= 4 is 17.5 Å². The van der Waals surface area contributed by atoms with Crippen molar-refractivity contribution in [1.29, 1.82) is 0 Å². The second-order valence-corrected chi connectivity index (χ2v) is 10.5. The van der Waals surface area contributed by atoms with Crippen molar-refractivity contribution in [3.8, 4) is 0 Å². The molecule has 0 saturated carbocycles. The van der Waals surface area contributed by atoms with Gasteiger partial charge in [-0.15, -0.1) is 0 Å². The molecule has 1 aromatic carbocycles. The summed E-state index contributed by atoms with van der Waals surface area (Å²) in [6.07, 6.45) is 3.61. The molecule has 6 N–H and O–H groups in total. The topological polar surface area (TPSA) is 120 Å². The van der Waals surface area contributed by atoms with E-state index in [1.165, 1.54) is 0 Å². The van der Waals surface area contributed by atoms with Gasteiger partial charge in [0.1, 0.15) is 0 Å². The van der Waals surface area contributed by atoms with Crippen LogP contribution in [0.25, 0.3) is 0 Å². The molecular formula is C25H35ClN4O3. The number of amides is 1. The average Bonchev–Trinajstić information content (AvgIpc) is 3.06. The van der Waals surface area contributed by atoms with Gasteiger partial charge < -0.3 is 26.6 Å². The standard InChI is InChI=1S/C25H35ClN4O3/c1-24(2,3)13-20-25(27,17-7-5-10-28-14-17)21(16-6-4-8-18(26)12-16)22(30-20)23(33)29-11-9-19(32)15-31/h4-8,10,12,14,19-22,30-32H,9,11,13,15,27H2,1-3H3,(H,29,33). The number of halogens is 1. The van der Waals surface area contributed by atoms with Crippen molar-refractivity contribution in [3.05, 3.63) is 64.9 Å². The number of carbonyl (C=O) groups excluding carboxylic acids is 1. The van der Waals surface area contributed by atoms with E-state index in [9.17, 15) is 9.90 Å². The Hall–Kier alpha value is -2.03. The van der Waals surface area contributed by atoms with Gasteiger partial charge in [0, 0.05) is 35.9 Å². The van der Waals surface area contributed by atoms with E-state index < -0.39 is 23.6 Å². The maximum atomic E-state index is 13.4. The van der Waals surface area contributed by atoms with E-state index in [0.29, 0.717) is 5.02 Å². The Labute approximate surface area is 200 Å². The van der Waals surface area contributed by atoms with Crippen LogP contribution in [0.2, 0.25) is 5.02 Å². The van der Waals surface area contributed by atoms with Gasteiger partial charge in [-0.1, -0.05) is 50.6 Å². The molecule has 2 aromatic rings. The molecule has 1 aromatic heterocycles. The lowest BCUT2D eigenvalue weighted by atomic mass is 9.69. The number of aliphatic hydroxyl groups is 2. The van der Waals surface area contributed by atoms with E-state index in [1.54, 1.807) is 18.5 Å². The lowest BCUT2D eigenvalue weighted by molar-refractivity contribution is -0.123. The highest BCUT2D eigenvalue weighted by atomic mass is 35.5. The summed E-state index contributed by atoms with van der Waals surface area (Å²) in [6, 6.07) is 10.5. The Morgan fingerprint density at radius 1 is 1.33 bits per heavy atom. The number of carbonyl (C=O) groups is 1. The fraction of sp³-hybridized carbons (Fsp3) is 0.520. The zero-order valence-corrected chi connectivity index (χ0v) is 20.2. The Kier molecular flexibility index (Phi) is 8.13. The van der Waals surface area contributed by atoms with Gasteiger partial charge >= 0.3 is 0 Å². The van der Waals surface area contributed by atoms with Crippen LogP contribution >= 0.6 is 11.6 Å². The average molecular weight is 475 g/mol. The number of aliphatic hydroxyl groups excluding tert-OH is 2. The number of hydrogen-bond acceptors (Lipinski definition) is 6. The number of rotatable bonds is 8. The van der Waals surface area contributed by atoms with Crippen LogP contribution in [0.4, 0.5) is 0 Å². The first-order valence-corrected chi connectivity index (χ1v) is 11.7. The van der Waals surface area contributed by atoms with Crippen molar-refractivity contribution < 1.29 is 15.0 Å². The first-order valence-electron chi connectivity index (χ1n) is 11.3. The minimum Gasteiger partial charge on any atom is -0.394 e. The summed E-state index contributed by atoms with van der Waals surface area (Å²) in [5.74, 6) is -0.615. The molecule has 1 amide bonds. The molecular weight excluding hydrogens is 440 g/mol. The minimum atomic E-state index is -0.918. The van der Waals surface area contributed by atoms with Crippen LogP contribution in [-0.2, 0) is 10.3 Å². The summed E-state index contributed by atoms with van der Waals surface area (Å²) < 4.78 is 0. The number of pyridine rings is 1. The normalized spacial score (nSPS) is 26.2. The van der Waals surface area contributed by atoms with Gasteiger partial charge in [-0.2, -0.15) is 0 Å². The lowest BCUT2D eigenvalue weighted by Crippen LogP contribution is -2.51. The predicted octanol–water partition coefficient (Wildman–Crippen LogP) is 2.31. The zero-order chi connectivity index (χ0) is 24.2. The molecule has 1 aliphatic rings. The van der Waals surface area contributed by atoms with E-state index >= 15 is 0 Å². The molecule has 8 heteroatoms. The first-order chi connectivity index (χ1) is 15.6. The fourth-order valence-corrected chi connectivity index (χ4v) is 4.94. The molecule has 2 heterocycles. The number of nitrogens with two attached hydrogens (primary N) is 1. The van der Waals surface area contributed by atoms with Gasteiger partial charge in [0.15, 0.2) is 0 Å². The molecule has 1 aliphatic heterocycles. The van der Waals surface area contributed by atoms with Crippen LogP contribution in [0.3, 0.4) is 0 Å². The van der Waals surface area contributed by atoms with E-state index in [1.807, 2.05) is 30.3 Å². The van der Waals surface area contributed by atoms with Gasteiger partial charge in [-0.25, -0.2) is 0 Å². The number of nitrogens with zero attached hydrogens (tertiary/aromatic N) is 1. The summed E-state index contributed by atoms with van der Waals surface area (Å²) >= 11 is 6.34. The third-order valence-electron chi connectivity index (χ3n) is 6.26. The molecule has 0 bridgehead atoms. The Morgan fingerprint density at radius 2 is 2.09 bits per heavy atom. The van der Waals surface area contributed by atoms with Crippen LogP contribution in [0.5, 0.6) is 0 Å². The Morgan fingerprint density at radius 3 is 2.70 bits per heavy atom. The van der Waals surface area contributed by atoms with Crippen LogP contribution in [0.1, 0.15) is 50.7 Å². The van der Waals surface area contributed by atoms with Gasteiger partial charge in [-0.05, 0) is 47.6 Å². The van der Waals surface area contributed by atoms with Crippen molar-refractivity contribution in [2.45, 2.75) is 63.3 Å². The number of hydrogen-bond donors (Lipinski definition) is 5. The summed E-state index contributed by atoms with van der Waals surface area (Å²) in [7, 11) is 0. The van der Waals surface area contributed by atoms with Crippen molar-refractivity contribution in [2.24, 2.45) is 11.1 Å². The fourth-order valence-electron chi connectivity index (χ4n) is 4.74. The number of benzene rings is 1. The summed E-state index contributed by atoms with van der Waals surface area (Å²) in [5, 5.41) is 25.7. The van der Waals surface area contributed by atoms with Gasteiger partial charge in [-0.3, -0.25) is 9.78 Å². The highest BCUT2D eigenvalue weighted by molar-refractivity contribution is 6.30. The van der Waals surface area contributed by atoms with Gasteiger partial charge in [0.2, 0.25) is 5.91 Å². The molecule has 0 radical (unpaired) electrons. The molecule has 7 nitrogen and oxygen atoms in total. The van der Waals surface area contributed by atoms with Crippen molar-refractivity contribution in [1.82, 2.24) is 15.6 Å². The number of aromatic nitrogens is 1. The van der Waals surface area contributed by atoms with Crippen LogP contribution in [0.15, 0.2) is 48.8 Å². The molecule has 180 valence electrons. The van der Waals surface area contributed by atoms with E-state index in [4.69, 9.17) is 22.4 Å². The highest BCUT2D eigenvalue weighted by Gasteiger charge is 2.56. The molecule has 1 fully saturated rings. The van der Waals surface area contributed by atoms with Crippen LogP contribution < -0.4 is 16.4 Å². The molecule has 5 unspecified atom stereocenters. The Bertz CT molecular complexity index is 937. The van der Waals surface area contributed by atoms with E-state index in [-0.39, 0.29) is 36.9 Å². The molecule has 3 rings (SSSR count). The smallest absolute Gasteiger partial charge is 0.237 e. The van der Waals surface area contributed by atoms with Crippen LogP contribution in [0, 0.1) is 5.41 Å². The predicted molar refractivity (Wildman–Crippen MR) is 130 cm³/mol. The quantitative estimate of drug-likeness (QED) is 0.400. The molecule has 0 aliphatic carbocycles. The third kappa shape index (κ3) is 5.91. The van der Waals surface area contributed by atoms with Crippen molar-refractivity contribution in [3.63, 3.8) is 0 Å². The molecule has 33 heavy (non-hydrogen) atoms. The summed E-state index contributed by atoms with van der Waals surface area (Å²) in [6.45, 7) is 6.35. The second-order valence-electron chi connectivity index (χ2n) is 10.1. The van der Waals surface area contributed by atoms with Gasteiger partial charge in [0.05, 0.1) is 24.3 Å². The van der Waals surface area contributed by atoms with Crippen molar-refractivity contribution in [2.75, 3.05) is 13.2 Å². The maximum Gasteiger partial charge on any atom is 0.237 e. The second kappa shape index (κ2) is 10.5. The highest BCUT2D eigenvalue weighted by Crippen LogP contribution is 2.48. The largest absolute Gasteiger partial charge is 0.394 e. The number of nitrogens with one attached hydrogen (secondary N) is 2. The molecule has 0 spiro atoms. The van der Waals surface area contributed by atoms with E-state index in [0.717, 1.165) is 17.5 Å². The zero-order valence-electron chi connectivity index (χ0n) is 19.5. The molecule has 1 saturated heterocycles. The SMILES string of the molecule is CC(C)(C)CC1NC(C(=O)NCCC(O)CO)C(c2cccc(Cl)c2)C1(N)c1cccnc1. The maximum absolute atomic E-state index is 13.4. The minimum absolute atomic E-state index is 0.0417. The van der Waals surface area contributed by atoms with Gasteiger partial charge in [0.25, 0.3) is 0 Å².